The molecule has 0 amide bonds. The molecule has 1 nitrogen and oxygen atoms in total. The number of ether oxygens (including phenoxy) is 1. The van der Waals surface area contributed by atoms with E-state index in [1.165, 1.54) is 0 Å². The standard InChI is InChI=1S/C22H28F2O/c1-3-5-13-21(23)17-9-7-11-19(15-17)25-20-12-8-10-18(16-20)22(24)14-6-4-2/h7-12,15-16,21-22H,3-6,13-14H2,1-2H3. The third-order valence-electron chi connectivity index (χ3n) is 4.30. The highest BCUT2D eigenvalue weighted by Gasteiger charge is 2.12. The lowest BCUT2D eigenvalue weighted by atomic mass is 10.0. The van der Waals surface area contributed by atoms with Crippen molar-refractivity contribution in [2.45, 2.75) is 64.7 Å². The van der Waals surface area contributed by atoms with Crippen LogP contribution in [-0.2, 0) is 0 Å². The van der Waals surface area contributed by atoms with Gasteiger partial charge in [-0.15, -0.1) is 0 Å². The second-order valence-corrected chi connectivity index (χ2v) is 6.47. The molecule has 3 heteroatoms. The number of benzene rings is 2. The van der Waals surface area contributed by atoms with Crippen LogP contribution in [0.25, 0.3) is 0 Å². The molecule has 2 aromatic carbocycles. The Bertz CT molecular complexity index is 586. The highest BCUT2D eigenvalue weighted by Crippen LogP contribution is 2.31. The summed E-state index contributed by atoms with van der Waals surface area (Å²) in [6.45, 7) is 4.11. The van der Waals surface area contributed by atoms with Crippen LogP contribution in [0.1, 0.15) is 75.8 Å². The number of unbranched alkanes of at least 4 members (excludes halogenated alkanes) is 2. The summed E-state index contributed by atoms with van der Waals surface area (Å²) in [5.74, 6) is 1.16. The molecule has 0 saturated heterocycles. The maximum absolute atomic E-state index is 14.2. The molecule has 0 bridgehead atoms. The molecule has 2 unspecified atom stereocenters. The topological polar surface area (TPSA) is 9.23 Å². The molecule has 136 valence electrons. The molecule has 0 aliphatic carbocycles. The Morgan fingerprint density at radius 2 is 1.20 bits per heavy atom. The normalized spacial score (nSPS) is 13.4. The van der Waals surface area contributed by atoms with Crippen molar-refractivity contribution in [3.8, 4) is 11.5 Å². The lowest BCUT2D eigenvalue weighted by Crippen LogP contribution is -1.95. The second kappa shape index (κ2) is 10.2. The van der Waals surface area contributed by atoms with Gasteiger partial charge in [-0.05, 0) is 48.2 Å². The summed E-state index contributed by atoms with van der Waals surface area (Å²) >= 11 is 0. The average molecular weight is 346 g/mol. The maximum atomic E-state index is 14.2. The largest absolute Gasteiger partial charge is 0.457 e. The Balaban J connectivity index is 2.06. The minimum absolute atomic E-state index is 0.524. The van der Waals surface area contributed by atoms with Crippen LogP contribution in [0.5, 0.6) is 11.5 Å². The predicted molar refractivity (Wildman–Crippen MR) is 99.7 cm³/mol. The third-order valence-corrected chi connectivity index (χ3v) is 4.30. The van der Waals surface area contributed by atoms with E-state index in [4.69, 9.17) is 4.74 Å². The fraction of sp³-hybridized carbons (Fsp3) is 0.455. The van der Waals surface area contributed by atoms with Gasteiger partial charge >= 0.3 is 0 Å². The van der Waals surface area contributed by atoms with Crippen LogP contribution in [0.2, 0.25) is 0 Å². The monoisotopic (exact) mass is 346 g/mol. The zero-order valence-electron chi connectivity index (χ0n) is 15.2. The summed E-state index contributed by atoms with van der Waals surface area (Å²) in [6.07, 6.45) is 2.79. The van der Waals surface area contributed by atoms with E-state index in [1.807, 2.05) is 0 Å². The van der Waals surface area contributed by atoms with E-state index in [9.17, 15) is 8.78 Å². The van der Waals surface area contributed by atoms with Gasteiger partial charge in [-0.2, -0.15) is 0 Å². The summed E-state index contributed by atoms with van der Waals surface area (Å²) < 4.78 is 34.3. The van der Waals surface area contributed by atoms with Crippen LogP contribution in [0.15, 0.2) is 48.5 Å². The number of alkyl halides is 2. The van der Waals surface area contributed by atoms with Crippen molar-refractivity contribution >= 4 is 0 Å². The molecule has 2 rings (SSSR count). The van der Waals surface area contributed by atoms with Crippen molar-refractivity contribution in [3.05, 3.63) is 59.7 Å². The number of hydrogen-bond donors (Lipinski definition) is 0. The SMILES string of the molecule is CCCCC(F)c1cccc(Oc2cccc(C(F)CCCC)c2)c1. The van der Waals surface area contributed by atoms with Crippen molar-refractivity contribution < 1.29 is 13.5 Å². The maximum Gasteiger partial charge on any atom is 0.127 e. The quantitative estimate of drug-likeness (QED) is 0.425. The van der Waals surface area contributed by atoms with Crippen LogP contribution < -0.4 is 4.74 Å². The lowest BCUT2D eigenvalue weighted by molar-refractivity contribution is 0.314. The number of rotatable bonds is 10. The van der Waals surface area contributed by atoms with Crippen LogP contribution >= 0.6 is 0 Å². The third kappa shape index (κ3) is 6.15. The van der Waals surface area contributed by atoms with Crippen molar-refractivity contribution in [2.24, 2.45) is 0 Å². The van der Waals surface area contributed by atoms with E-state index >= 15 is 0 Å². The first-order valence-corrected chi connectivity index (χ1v) is 9.30. The first-order chi connectivity index (χ1) is 12.1. The van der Waals surface area contributed by atoms with E-state index in [-0.39, 0.29) is 0 Å². The van der Waals surface area contributed by atoms with Crippen LogP contribution in [-0.4, -0.2) is 0 Å². The van der Waals surface area contributed by atoms with Crippen molar-refractivity contribution in [1.29, 1.82) is 0 Å². The molecular weight excluding hydrogens is 318 g/mol. The van der Waals surface area contributed by atoms with Crippen molar-refractivity contribution in [2.75, 3.05) is 0 Å². The number of halogens is 2. The molecule has 0 heterocycles. The summed E-state index contributed by atoms with van der Waals surface area (Å²) in [4.78, 5) is 0. The molecule has 2 aromatic rings. The second-order valence-electron chi connectivity index (χ2n) is 6.47. The fourth-order valence-electron chi connectivity index (χ4n) is 2.78. The smallest absolute Gasteiger partial charge is 0.127 e. The van der Waals surface area contributed by atoms with Crippen LogP contribution in [0.3, 0.4) is 0 Å². The molecule has 0 N–H and O–H groups in total. The van der Waals surface area contributed by atoms with E-state index in [2.05, 4.69) is 13.8 Å². The molecule has 0 aromatic heterocycles. The molecule has 0 saturated carbocycles. The fourth-order valence-corrected chi connectivity index (χ4v) is 2.78. The first-order valence-electron chi connectivity index (χ1n) is 9.30. The van der Waals surface area contributed by atoms with Gasteiger partial charge in [-0.25, -0.2) is 8.78 Å². The van der Waals surface area contributed by atoms with E-state index in [0.717, 1.165) is 25.7 Å². The Kier molecular flexibility index (Phi) is 7.90. The predicted octanol–water partition coefficient (Wildman–Crippen LogP) is 7.88. The number of hydrogen-bond acceptors (Lipinski definition) is 1. The van der Waals surface area contributed by atoms with Crippen molar-refractivity contribution in [1.82, 2.24) is 0 Å². The summed E-state index contributed by atoms with van der Waals surface area (Å²) in [6, 6.07) is 14.2. The molecule has 0 fully saturated rings. The van der Waals surface area contributed by atoms with Gasteiger partial charge in [0.2, 0.25) is 0 Å². The van der Waals surface area contributed by atoms with Gasteiger partial charge in [0, 0.05) is 0 Å². The summed E-state index contributed by atoms with van der Waals surface area (Å²) in [5.41, 5.74) is 1.27. The Labute approximate surface area is 150 Å². The molecule has 0 spiro atoms. The minimum atomic E-state index is -0.973. The Morgan fingerprint density at radius 1 is 0.760 bits per heavy atom. The van der Waals surface area contributed by atoms with Gasteiger partial charge in [0.1, 0.15) is 23.8 Å². The van der Waals surface area contributed by atoms with Gasteiger partial charge in [0.05, 0.1) is 0 Å². The van der Waals surface area contributed by atoms with Crippen molar-refractivity contribution in [3.63, 3.8) is 0 Å². The molecule has 25 heavy (non-hydrogen) atoms. The average Bonchev–Trinajstić information content (AvgIpc) is 2.64. The zero-order valence-corrected chi connectivity index (χ0v) is 15.2. The van der Waals surface area contributed by atoms with E-state index < -0.39 is 12.3 Å². The van der Waals surface area contributed by atoms with Gasteiger partial charge < -0.3 is 4.74 Å². The lowest BCUT2D eigenvalue weighted by Gasteiger charge is -2.13. The molecule has 0 aliphatic heterocycles. The first kappa shape index (κ1) is 19.4. The molecule has 0 radical (unpaired) electrons. The zero-order chi connectivity index (χ0) is 18.1. The van der Waals surface area contributed by atoms with E-state index in [1.54, 1.807) is 48.5 Å². The Hall–Kier alpha value is -1.90. The van der Waals surface area contributed by atoms with Gasteiger partial charge in [0.25, 0.3) is 0 Å². The van der Waals surface area contributed by atoms with Crippen LogP contribution in [0, 0.1) is 0 Å². The van der Waals surface area contributed by atoms with Crippen LogP contribution in [0.4, 0.5) is 8.78 Å². The van der Waals surface area contributed by atoms with Gasteiger partial charge in [-0.1, -0.05) is 63.8 Å². The summed E-state index contributed by atoms with van der Waals surface area (Å²) in [5, 5.41) is 0. The van der Waals surface area contributed by atoms with Gasteiger partial charge in [0.15, 0.2) is 0 Å². The van der Waals surface area contributed by atoms with E-state index in [0.29, 0.717) is 35.5 Å². The highest BCUT2D eigenvalue weighted by atomic mass is 19.1. The molecule has 2 atom stereocenters. The molecule has 0 aliphatic rings. The summed E-state index contributed by atoms with van der Waals surface area (Å²) in [7, 11) is 0. The molecular formula is C22H28F2O. The highest BCUT2D eigenvalue weighted by molar-refractivity contribution is 5.37. The minimum Gasteiger partial charge on any atom is -0.457 e. The Morgan fingerprint density at radius 3 is 1.60 bits per heavy atom. The van der Waals surface area contributed by atoms with Gasteiger partial charge in [-0.3, -0.25) is 0 Å².